The smallest absolute Gasteiger partial charge is 0.175 e. The minimum absolute atomic E-state index is 0.209. The van der Waals surface area contributed by atoms with Crippen LogP contribution >= 0.6 is 11.3 Å². The lowest BCUT2D eigenvalue weighted by atomic mass is 10.2. The second kappa shape index (κ2) is 5.12. The van der Waals surface area contributed by atoms with Crippen molar-refractivity contribution >= 4 is 26.9 Å². The number of hydrogen-bond donors (Lipinski definition) is 1. The molecule has 18 heavy (non-hydrogen) atoms. The lowest BCUT2D eigenvalue weighted by Crippen LogP contribution is -2.05. The van der Waals surface area contributed by atoms with Gasteiger partial charge in [0.05, 0.1) is 4.90 Å². The second-order valence-corrected chi connectivity index (χ2v) is 7.02. The molecule has 2 aromatic rings. The van der Waals surface area contributed by atoms with E-state index in [2.05, 4.69) is 23.7 Å². The van der Waals surface area contributed by atoms with E-state index in [1.54, 1.807) is 35.6 Å². The number of rotatable bonds is 4. The lowest BCUT2D eigenvalue weighted by molar-refractivity contribution is 0.602. The van der Waals surface area contributed by atoms with Crippen LogP contribution in [0.15, 0.2) is 46.0 Å². The number of anilines is 1. The van der Waals surface area contributed by atoms with E-state index in [4.69, 9.17) is 0 Å². The Labute approximate surface area is 111 Å². The molecule has 3 nitrogen and oxygen atoms in total. The van der Waals surface area contributed by atoms with Crippen molar-refractivity contribution in [2.24, 2.45) is 0 Å². The Hall–Kier alpha value is -1.33. The molecule has 1 N–H and O–H groups in total. The maximum Gasteiger partial charge on any atom is 0.175 e. The first kappa shape index (κ1) is 13.1. The van der Waals surface area contributed by atoms with Crippen molar-refractivity contribution in [3.05, 3.63) is 46.7 Å². The van der Waals surface area contributed by atoms with Crippen LogP contribution in [0.4, 0.5) is 5.69 Å². The third-order valence-corrected chi connectivity index (χ3v) is 4.54. The van der Waals surface area contributed by atoms with Crippen LogP contribution < -0.4 is 5.32 Å². The van der Waals surface area contributed by atoms with Crippen LogP contribution in [-0.2, 0) is 9.84 Å². The first-order chi connectivity index (χ1) is 8.47. The summed E-state index contributed by atoms with van der Waals surface area (Å²) in [5.74, 6) is 0. The van der Waals surface area contributed by atoms with E-state index in [0.29, 0.717) is 4.90 Å². The summed E-state index contributed by atoms with van der Waals surface area (Å²) in [6, 6.07) is 9.11. The third kappa shape index (κ3) is 3.11. The van der Waals surface area contributed by atoms with E-state index in [1.807, 2.05) is 5.38 Å². The third-order valence-electron chi connectivity index (χ3n) is 2.71. The highest BCUT2D eigenvalue weighted by molar-refractivity contribution is 7.90. The van der Waals surface area contributed by atoms with Gasteiger partial charge in [-0.05, 0) is 53.6 Å². The van der Waals surface area contributed by atoms with E-state index < -0.39 is 9.84 Å². The van der Waals surface area contributed by atoms with E-state index in [1.165, 1.54) is 11.8 Å². The standard InChI is InChI=1S/C13H15NO2S2/c1-10(11-7-8-17-9-11)14-12-3-5-13(6-4-12)18(2,15)16/h3-10,14H,1-2H3. The number of hydrogen-bond acceptors (Lipinski definition) is 4. The first-order valence-corrected chi connectivity index (χ1v) is 8.39. The molecule has 0 fully saturated rings. The second-order valence-electron chi connectivity index (χ2n) is 4.22. The lowest BCUT2D eigenvalue weighted by Gasteiger charge is -2.14. The van der Waals surface area contributed by atoms with Crippen LogP contribution in [0.5, 0.6) is 0 Å². The molecular formula is C13H15NO2S2. The van der Waals surface area contributed by atoms with Gasteiger partial charge in [0.25, 0.3) is 0 Å². The molecule has 96 valence electrons. The molecule has 1 atom stereocenters. The molecule has 0 aliphatic heterocycles. The normalized spacial score (nSPS) is 13.2. The summed E-state index contributed by atoms with van der Waals surface area (Å²) < 4.78 is 22.7. The summed E-state index contributed by atoms with van der Waals surface area (Å²) in [6.45, 7) is 2.08. The van der Waals surface area contributed by atoms with Crippen molar-refractivity contribution in [2.45, 2.75) is 17.9 Å². The van der Waals surface area contributed by atoms with Gasteiger partial charge in [0.1, 0.15) is 0 Å². The number of nitrogens with one attached hydrogen (secondary N) is 1. The fourth-order valence-electron chi connectivity index (χ4n) is 1.65. The van der Waals surface area contributed by atoms with Gasteiger partial charge in [-0.1, -0.05) is 0 Å². The van der Waals surface area contributed by atoms with Gasteiger partial charge >= 0.3 is 0 Å². The fraction of sp³-hybridized carbons (Fsp3) is 0.231. The molecule has 1 unspecified atom stereocenters. The van der Waals surface area contributed by atoms with Crippen LogP contribution in [0.25, 0.3) is 0 Å². The zero-order valence-corrected chi connectivity index (χ0v) is 11.9. The summed E-state index contributed by atoms with van der Waals surface area (Å²) in [7, 11) is -3.12. The quantitative estimate of drug-likeness (QED) is 0.935. The fourth-order valence-corrected chi connectivity index (χ4v) is 3.04. The summed E-state index contributed by atoms with van der Waals surface area (Å²) in [5.41, 5.74) is 2.15. The molecule has 0 radical (unpaired) electrons. The predicted octanol–water partition coefficient (Wildman–Crippen LogP) is 3.32. The molecule has 0 saturated heterocycles. The monoisotopic (exact) mass is 281 g/mol. The molecule has 0 aliphatic rings. The van der Waals surface area contributed by atoms with Crippen LogP contribution in [0.3, 0.4) is 0 Å². The number of benzene rings is 1. The maximum absolute atomic E-state index is 11.3. The highest BCUT2D eigenvalue weighted by Crippen LogP contribution is 2.22. The molecule has 0 spiro atoms. The van der Waals surface area contributed by atoms with Crippen molar-refractivity contribution in [3.8, 4) is 0 Å². The van der Waals surface area contributed by atoms with Crippen molar-refractivity contribution in [1.29, 1.82) is 0 Å². The molecule has 1 aromatic carbocycles. The highest BCUT2D eigenvalue weighted by Gasteiger charge is 2.08. The number of sulfone groups is 1. The summed E-state index contributed by atoms with van der Waals surface area (Å²) >= 11 is 1.66. The van der Waals surface area contributed by atoms with Gasteiger partial charge in [-0.2, -0.15) is 11.3 Å². The Balaban J connectivity index is 2.12. The molecule has 1 aromatic heterocycles. The molecule has 2 rings (SSSR count). The van der Waals surface area contributed by atoms with E-state index in [9.17, 15) is 8.42 Å². The Morgan fingerprint density at radius 2 is 1.83 bits per heavy atom. The van der Waals surface area contributed by atoms with Crippen molar-refractivity contribution in [1.82, 2.24) is 0 Å². The topological polar surface area (TPSA) is 46.2 Å². The summed E-state index contributed by atoms with van der Waals surface area (Å²) in [5, 5.41) is 7.48. The Morgan fingerprint density at radius 3 is 2.33 bits per heavy atom. The van der Waals surface area contributed by atoms with Gasteiger partial charge in [0.2, 0.25) is 0 Å². The SMILES string of the molecule is CC(Nc1ccc(S(C)(=O)=O)cc1)c1ccsc1. The van der Waals surface area contributed by atoms with Gasteiger partial charge in [-0.15, -0.1) is 0 Å². The van der Waals surface area contributed by atoms with E-state index >= 15 is 0 Å². The van der Waals surface area contributed by atoms with Crippen molar-refractivity contribution in [2.75, 3.05) is 11.6 Å². The van der Waals surface area contributed by atoms with Gasteiger partial charge in [0, 0.05) is 18.0 Å². The van der Waals surface area contributed by atoms with E-state index in [-0.39, 0.29) is 6.04 Å². The van der Waals surface area contributed by atoms with Crippen LogP contribution in [-0.4, -0.2) is 14.7 Å². The zero-order chi connectivity index (χ0) is 13.2. The summed E-state index contributed by atoms with van der Waals surface area (Å²) in [4.78, 5) is 0.344. The predicted molar refractivity (Wildman–Crippen MR) is 75.9 cm³/mol. The molecule has 5 heteroatoms. The first-order valence-electron chi connectivity index (χ1n) is 5.55. The van der Waals surface area contributed by atoms with Crippen LogP contribution in [0.1, 0.15) is 18.5 Å². The molecular weight excluding hydrogens is 266 g/mol. The average molecular weight is 281 g/mol. The minimum Gasteiger partial charge on any atom is -0.378 e. The van der Waals surface area contributed by atoms with Crippen LogP contribution in [0, 0.1) is 0 Å². The Morgan fingerprint density at radius 1 is 1.17 bits per heavy atom. The molecule has 0 bridgehead atoms. The molecule has 0 saturated carbocycles. The summed E-state index contributed by atoms with van der Waals surface area (Å²) in [6.07, 6.45) is 1.21. The van der Waals surface area contributed by atoms with Gasteiger partial charge in [-0.3, -0.25) is 0 Å². The Kier molecular flexibility index (Phi) is 3.73. The zero-order valence-electron chi connectivity index (χ0n) is 10.3. The minimum atomic E-state index is -3.12. The van der Waals surface area contributed by atoms with Crippen molar-refractivity contribution < 1.29 is 8.42 Å². The van der Waals surface area contributed by atoms with Gasteiger partial charge in [-0.25, -0.2) is 8.42 Å². The maximum atomic E-state index is 11.3. The molecule has 0 amide bonds. The van der Waals surface area contributed by atoms with Gasteiger partial charge in [0.15, 0.2) is 9.84 Å². The number of thiophene rings is 1. The van der Waals surface area contributed by atoms with Gasteiger partial charge < -0.3 is 5.32 Å². The van der Waals surface area contributed by atoms with Crippen LogP contribution in [0.2, 0.25) is 0 Å². The molecule has 1 heterocycles. The van der Waals surface area contributed by atoms with E-state index in [0.717, 1.165) is 5.69 Å². The average Bonchev–Trinajstić information content (AvgIpc) is 2.82. The highest BCUT2D eigenvalue weighted by atomic mass is 32.2. The largest absolute Gasteiger partial charge is 0.378 e. The Bertz CT molecular complexity index is 601. The molecule has 0 aliphatic carbocycles. The van der Waals surface area contributed by atoms with Crippen molar-refractivity contribution in [3.63, 3.8) is 0 Å².